The van der Waals surface area contributed by atoms with E-state index in [1.807, 2.05) is 37.2 Å². The van der Waals surface area contributed by atoms with Gasteiger partial charge in [-0.2, -0.15) is 5.26 Å². The van der Waals surface area contributed by atoms with Crippen LogP contribution >= 0.6 is 11.8 Å². The Morgan fingerprint density at radius 2 is 2.05 bits per heavy atom. The molecule has 1 aromatic heterocycles. The SMILES string of the molecule is Cc1cccc(Sc2nccc(N(C)C)c2C#N)c1. The fraction of sp³-hybridized carbons (Fsp3) is 0.200. The molecule has 2 aromatic rings. The van der Waals surface area contributed by atoms with Crippen molar-refractivity contribution in [3.8, 4) is 6.07 Å². The molecule has 2 rings (SSSR count). The van der Waals surface area contributed by atoms with Gasteiger partial charge in [0.25, 0.3) is 0 Å². The number of anilines is 1. The molecule has 0 saturated carbocycles. The molecule has 19 heavy (non-hydrogen) atoms. The standard InChI is InChI=1S/C15H15N3S/c1-11-5-4-6-12(9-11)19-15-13(10-16)14(18(2)3)7-8-17-15/h4-9H,1-3H3. The summed E-state index contributed by atoms with van der Waals surface area (Å²) in [5.74, 6) is 0. The van der Waals surface area contributed by atoms with Gasteiger partial charge in [-0.05, 0) is 25.1 Å². The van der Waals surface area contributed by atoms with Crippen LogP contribution in [0, 0.1) is 18.3 Å². The van der Waals surface area contributed by atoms with Crippen LogP contribution in [0.4, 0.5) is 5.69 Å². The highest BCUT2D eigenvalue weighted by Gasteiger charge is 2.12. The first-order chi connectivity index (χ1) is 9.11. The lowest BCUT2D eigenvalue weighted by molar-refractivity contribution is 1.05. The first kappa shape index (κ1) is 13.4. The molecular formula is C15H15N3S. The van der Waals surface area contributed by atoms with Crippen molar-refractivity contribution < 1.29 is 0 Å². The fourth-order valence-corrected chi connectivity index (χ4v) is 2.76. The quantitative estimate of drug-likeness (QED) is 0.855. The maximum atomic E-state index is 9.35. The summed E-state index contributed by atoms with van der Waals surface area (Å²) < 4.78 is 0. The summed E-state index contributed by atoms with van der Waals surface area (Å²) in [4.78, 5) is 7.36. The molecule has 0 bridgehead atoms. The second-order valence-corrected chi connectivity index (χ2v) is 5.50. The lowest BCUT2D eigenvalue weighted by Gasteiger charge is -2.15. The molecule has 3 nitrogen and oxygen atoms in total. The molecule has 1 aromatic carbocycles. The Kier molecular flexibility index (Phi) is 4.08. The van der Waals surface area contributed by atoms with Crippen molar-refractivity contribution in [2.45, 2.75) is 16.8 Å². The zero-order valence-electron chi connectivity index (χ0n) is 11.2. The molecular weight excluding hydrogens is 254 g/mol. The number of aromatic nitrogens is 1. The van der Waals surface area contributed by atoms with Crippen LogP contribution in [0.1, 0.15) is 11.1 Å². The molecule has 0 aliphatic rings. The molecule has 96 valence electrons. The number of nitrogens with zero attached hydrogens (tertiary/aromatic N) is 3. The first-order valence-electron chi connectivity index (χ1n) is 5.93. The molecule has 0 fully saturated rings. The summed E-state index contributed by atoms with van der Waals surface area (Å²) in [6.45, 7) is 2.05. The van der Waals surface area contributed by atoms with Crippen LogP contribution in [0.25, 0.3) is 0 Å². The summed E-state index contributed by atoms with van der Waals surface area (Å²) in [5.41, 5.74) is 2.72. The van der Waals surface area contributed by atoms with E-state index in [2.05, 4.69) is 30.1 Å². The number of hydrogen-bond donors (Lipinski definition) is 0. The first-order valence-corrected chi connectivity index (χ1v) is 6.74. The Morgan fingerprint density at radius 1 is 1.26 bits per heavy atom. The highest BCUT2D eigenvalue weighted by Crippen LogP contribution is 2.32. The maximum absolute atomic E-state index is 9.35. The maximum Gasteiger partial charge on any atom is 0.121 e. The van der Waals surface area contributed by atoms with E-state index in [9.17, 15) is 5.26 Å². The van der Waals surface area contributed by atoms with Gasteiger partial charge in [0.2, 0.25) is 0 Å². The van der Waals surface area contributed by atoms with Crippen LogP contribution in [0.3, 0.4) is 0 Å². The van der Waals surface area contributed by atoms with E-state index in [0.29, 0.717) is 5.56 Å². The van der Waals surface area contributed by atoms with Gasteiger partial charge in [-0.1, -0.05) is 29.5 Å². The van der Waals surface area contributed by atoms with Crippen LogP contribution in [0.2, 0.25) is 0 Å². The van der Waals surface area contributed by atoms with Gasteiger partial charge in [-0.3, -0.25) is 0 Å². The van der Waals surface area contributed by atoms with E-state index >= 15 is 0 Å². The van der Waals surface area contributed by atoms with Crippen LogP contribution in [0.5, 0.6) is 0 Å². The van der Waals surface area contributed by atoms with E-state index in [-0.39, 0.29) is 0 Å². The smallest absolute Gasteiger partial charge is 0.121 e. The van der Waals surface area contributed by atoms with Gasteiger partial charge in [-0.25, -0.2) is 4.98 Å². The number of rotatable bonds is 3. The molecule has 0 saturated heterocycles. The Balaban J connectivity index is 2.41. The Hall–Kier alpha value is -1.99. The van der Waals surface area contributed by atoms with Crippen LogP contribution in [-0.2, 0) is 0 Å². The van der Waals surface area contributed by atoms with E-state index in [1.54, 1.807) is 6.20 Å². The minimum absolute atomic E-state index is 0.624. The molecule has 0 N–H and O–H groups in total. The fourth-order valence-electron chi connectivity index (χ4n) is 1.78. The van der Waals surface area contributed by atoms with Crippen molar-refractivity contribution in [2.24, 2.45) is 0 Å². The molecule has 0 aliphatic heterocycles. The average molecular weight is 269 g/mol. The Morgan fingerprint density at radius 3 is 2.68 bits per heavy atom. The molecule has 0 spiro atoms. The largest absolute Gasteiger partial charge is 0.376 e. The molecule has 0 unspecified atom stereocenters. The van der Waals surface area contributed by atoms with Crippen molar-refractivity contribution in [1.82, 2.24) is 4.98 Å². The van der Waals surface area contributed by atoms with Crippen LogP contribution in [0.15, 0.2) is 46.5 Å². The van der Waals surface area contributed by atoms with E-state index < -0.39 is 0 Å². The minimum atomic E-state index is 0.624. The van der Waals surface area contributed by atoms with E-state index in [4.69, 9.17) is 0 Å². The number of aryl methyl sites for hydroxylation is 1. The summed E-state index contributed by atoms with van der Waals surface area (Å²) in [6.07, 6.45) is 1.74. The highest BCUT2D eigenvalue weighted by molar-refractivity contribution is 7.99. The number of benzene rings is 1. The molecule has 1 heterocycles. The number of hydrogen-bond acceptors (Lipinski definition) is 4. The predicted molar refractivity (Wildman–Crippen MR) is 78.6 cm³/mol. The van der Waals surface area contributed by atoms with Gasteiger partial charge in [0, 0.05) is 25.2 Å². The molecule has 4 heteroatoms. The van der Waals surface area contributed by atoms with Gasteiger partial charge in [0.1, 0.15) is 16.7 Å². The molecule has 0 radical (unpaired) electrons. The summed E-state index contributed by atoms with van der Waals surface area (Å²) >= 11 is 1.52. The lowest BCUT2D eigenvalue weighted by Crippen LogP contribution is -2.11. The van der Waals surface area contributed by atoms with E-state index in [1.165, 1.54) is 17.3 Å². The zero-order chi connectivity index (χ0) is 13.8. The Labute approximate surface area is 117 Å². The van der Waals surface area contributed by atoms with Gasteiger partial charge < -0.3 is 4.90 Å². The second kappa shape index (κ2) is 5.77. The minimum Gasteiger partial charge on any atom is -0.376 e. The van der Waals surface area contributed by atoms with Gasteiger partial charge in [-0.15, -0.1) is 0 Å². The Bertz CT molecular complexity index is 630. The van der Waals surface area contributed by atoms with Crippen molar-refractivity contribution in [2.75, 3.05) is 19.0 Å². The van der Waals surface area contributed by atoms with E-state index in [0.717, 1.165) is 15.6 Å². The molecule has 0 atom stereocenters. The normalized spacial score (nSPS) is 10.0. The van der Waals surface area contributed by atoms with Gasteiger partial charge in [0.15, 0.2) is 0 Å². The topological polar surface area (TPSA) is 39.9 Å². The van der Waals surface area contributed by atoms with Crippen molar-refractivity contribution in [3.05, 3.63) is 47.7 Å². The van der Waals surface area contributed by atoms with Crippen LogP contribution in [-0.4, -0.2) is 19.1 Å². The summed E-state index contributed by atoms with van der Waals surface area (Å²) in [7, 11) is 3.86. The molecule has 0 amide bonds. The number of nitriles is 1. The van der Waals surface area contributed by atoms with Crippen molar-refractivity contribution >= 4 is 17.4 Å². The summed E-state index contributed by atoms with van der Waals surface area (Å²) in [5, 5.41) is 10.1. The molecule has 0 aliphatic carbocycles. The average Bonchev–Trinajstić information content (AvgIpc) is 2.38. The summed E-state index contributed by atoms with van der Waals surface area (Å²) in [6, 6.07) is 12.3. The zero-order valence-corrected chi connectivity index (χ0v) is 12.0. The lowest BCUT2D eigenvalue weighted by atomic mass is 10.2. The second-order valence-electron chi connectivity index (χ2n) is 4.44. The third-order valence-electron chi connectivity index (χ3n) is 2.69. The van der Waals surface area contributed by atoms with Gasteiger partial charge >= 0.3 is 0 Å². The third-order valence-corrected chi connectivity index (χ3v) is 3.68. The number of pyridine rings is 1. The van der Waals surface area contributed by atoms with Crippen molar-refractivity contribution in [3.63, 3.8) is 0 Å². The monoisotopic (exact) mass is 269 g/mol. The third kappa shape index (κ3) is 3.07. The van der Waals surface area contributed by atoms with Crippen molar-refractivity contribution in [1.29, 1.82) is 5.26 Å². The predicted octanol–water partition coefficient (Wildman–Crippen LogP) is 3.48. The highest BCUT2D eigenvalue weighted by atomic mass is 32.2. The van der Waals surface area contributed by atoms with Crippen LogP contribution < -0.4 is 4.90 Å². The van der Waals surface area contributed by atoms with Gasteiger partial charge in [0.05, 0.1) is 5.69 Å².